The first-order valence-electron chi connectivity index (χ1n) is 14.7. The molecule has 4 aliphatic carbocycles. The number of benzene rings is 2. The molecule has 10 nitrogen and oxygen atoms in total. The number of phenolic OH excluding ortho intramolecular Hbond substituents is 1. The van der Waals surface area contributed by atoms with Crippen LogP contribution in [0.3, 0.4) is 0 Å². The number of hydrogen-bond donors (Lipinski definition) is 2. The number of rotatable bonds is 4. The molecule has 10 heteroatoms. The summed E-state index contributed by atoms with van der Waals surface area (Å²) in [7, 11) is 0. The number of ether oxygens (including phenoxy) is 2. The lowest BCUT2D eigenvalue weighted by molar-refractivity contribution is -0.309. The number of ketones is 2. The fourth-order valence-electron chi connectivity index (χ4n) is 9.10. The molecule has 5 aliphatic rings. The Kier molecular flexibility index (Phi) is 8.11. The van der Waals surface area contributed by atoms with Gasteiger partial charge in [-0.2, -0.15) is 0 Å². The van der Waals surface area contributed by atoms with E-state index in [0.29, 0.717) is 12.3 Å². The highest BCUT2D eigenvalue weighted by Crippen LogP contribution is 2.77. The van der Waals surface area contributed by atoms with Gasteiger partial charge < -0.3 is 40.2 Å². The van der Waals surface area contributed by atoms with E-state index < -0.39 is 11.9 Å². The van der Waals surface area contributed by atoms with Crippen LogP contribution in [-0.4, -0.2) is 45.4 Å². The molecular weight excluding hydrogens is 568 g/mol. The molecule has 0 aromatic heterocycles. The van der Waals surface area contributed by atoms with E-state index in [9.17, 15) is 34.8 Å². The molecule has 1 spiro atoms. The zero-order valence-electron chi connectivity index (χ0n) is 24.5. The molecule has 2 aromatic carbocycles. The standard InChI is InChI=1S/C21H26O4.C13H10O5.H2O/c1-11(22)14-4-3-7-21-10-13(24)9-17-19(21)20(2,18(14)21)15-6-5-12(23)8-16(15)25-17;14-8-2-1-3-10(6-8)18-12-7-9(15)4-5-11(12)13(16)17;/h5-6,8,13-14,17-19,23-24H,3-4,7,9-10H2,1-2H3;1-7,11,14H,(H,16,17);1H2/p-2. The van der Waals surface area contributed by atoms with Crippen molar-refractivity contribution >= 4 is 17.5 Å². The Morgan fingerprint density at radius 1 is 1.14 bits per heavy atom. The molecule has 0 saturated heterocycles. The zero-order valence-corrected chi connectivity index (χ0v) is 24.5. The molecule has 8 atom stereocenters. The number of phenols is 1. The van der Waals surface area contributed by atoms with E-state index in [-0.39, 0.29) is 74.9 Å². The van der Waals surface area contributed by atoms with E-state index in [2.05, 4.69) is 6.92 Å². The molecule has 8 unspecified atom stereocenters. The highest BCUT2D eigenvalue weighted by molar-refractivity contribution is 6.02. The molecule has 0 radical (unpaired) electrons. The summed E-state index contributed by atoms with van der Waals surface area (Å²) in [6.07, 6.45) is 7.57. The second-order valence-electron chi connectivity index (χ2n) is 12.7. The lowest BCUT2D eigenvalue weighted by atomic mass is 9.28. The summed E-state index contributed by atoms with van der Waals surface area (Å²) >= 11 is 0. The fraction of sp³-hybridized carbons (Fsp3) is 0.441. The minimum absolute atomic E-state index is 0. The van der Waals surface area contributed by atoms with Crippen molar-refractivity contribution in [3.05, 3.63) is 72.0 Å². The van der Waals surface area contributed by atoms with Crippen LogP contribution < -0.4 is 19.7 Å². The van der Waals surface area contributed by atoms with Gasteiger partial charge in [-0.05, 0) is 61.8 Å². The van der Waals surface area contributed by atoms with Gasteiger partial charge in [-0.1, -0.05) is 37.6 Å². The SMILES string of the molecule is CC(=O)C1CCCC23CC(O)CC4Oc5cc(O)ccc5C(C)(C42)C13.O.O=C1C=CC(C(=O)[O-])C(Oc2cccc([O-])c2)=C1. The van der Waals surface area contributed by atoms with Gasteiger partial charge in [-0.15, -0.1) is 5.75 Å². The summed E-state index contributed by atoms with van der Waals surface area (Å²) in [4.78, 5) is 34.5. The van der Waals surface area contributed by atoms with Crippen molar-refractivity contribution in [3.63, 3.8) is 0 Å². The Morgan fingerprint density at radius 3 is 2.61 bits per heavy atom. The Bertz CT molecular complexity index is 1540. The van der Waals surface area contributed by atoms with E-state index in [1.165, 1.54) is 30.3 Å². The first-order chi connectivity index (χ1) is 20.4. The molecule has 0 amide bonds. The summed E-state index contributed by atoms with van der Waals surface area (Å²) < 4.78 is 11.5. The third-order valence-corrected chi connectivity index (χ3v) is 10.3. The predicted molar refractivity (Wildman–Crippen MR) is 153 cm³/mol. The summed E-state index contributed by atoms with van der Waals surface area (Å²) in [5.74, 6) is -1.11. The number of aromatic hydroxyl groups is 1. The van der Waals surface area contributed by atoms with Crippen LogP contribution in [0.2, 0.25) is 0 Å². The van der Waals surface area contributed by atoms with Crippen LogP contribution in [0.15, 0.2) is 66.5 Å². The minimum atomic E-state index is -1.37. The van der Waals surface area contributed by atoms with Crippen molar-refractivity contribution < 1.29 is 49.8 Å². The van der Waals surface area contributed by atoms with Crippen LogP contribution in [0.25, 0.3) is 0 Å². The molecule has 0 bridgehead atoms. The van der Waals surface area contributed by atoms with E-state index in [4.69, 9.17) is 9.47 Å². The van der Waals surface area contributed by atoms with Gasteiger partial charge in [0.25, 0.3) is 0 Å². The lowest BCUT2D eigenvalue weighted by Crippen LogP contribution is -2.77. The molecule has 3 fully saturated rings. The maximum Gasteiger partial charge on any atom is 0.181 e. The number of carboxylic acid groups (broad SMARTS) is 1. The summed E-state index contributed by atoms with van der Waals surface area (Å²) in [6.45, 7) is 4.03. The second kappa shape index (κ2) is 11.4. The number of carboxylic acids is 1. The highest BCUT2D eigenvalue weighted by atomic mass is 16.5. The quantitative estimate of drug-likeness (QED) is 0.525. The lowest BCUT2D eigenvalue weighted by Gasteiger charge is -2.76. The number of carbonyl (C=O) groups excluding carboxylic acids is 3. The van der Waals surface area contributed by atoms with E-state index in [1.807, 2.05) is 6.07 Å². The van der Waals surface area contributed by atoms with Crippen molar-refractivity contribution in [2.24, 2.45) is 29.1 Å². The zero-order chi connectivity index (χ0) is 30.7. The smallest absolute Gasteiger partial charge is 0.181 e. The molecule has 44 heavy (non-hydrogen) atoms. The van der Waals surface area contributed by atoms with Gasteiger partial charge in [0.1, 0.15) is 34.9 Å². The third kappa shape index (κ3) is 4.95. The maximum absolute atomic E-state index is 12.5. The minimum Gasteiger partial charge on any atom is -0.872 e. The van der Waals surface area contributed by atoms with Crippen LogP contribution in [-0.2, 0) is 19.8 Å². The van der Waals surface area contributed by atoms with Crippen molar-refractivity contribution in [2.45, 2.75) is 63.6 Å². The number of aliphatic carboxylic acids is 1. The van der Waals surface area contributed by atoms with Gasteiger partial charge in [0.2, 0.25) is 0 Å². The largest absolute Gasteiger partial charge is 0.872 e. The monoisotopic (exact) mass is 604 g/mol. The van der Waals surface area contributed by atoms with Gasteiger partial charge >= 0.3 is 0 Å². The van der Waals surface area contributed by atoms with E-state index in [1.54, 1.807) is 19.1 Å². The number of hydrogen-bond acceptors (Lipinski definition) is 9. The van der Waals surface area contributed by atoms with Crippen LogP contribution in [0.5, 0.6) is 23.0 Å². The molecule has 3 saturated carbocycles. The average Bonchev–Trinajstić information content (AvgIpc) is 2.92. The van der Waals surface area contributed by atoms with Crippen molar-refractivity contribution in [2.75, 3.05) is 0 Å². The molecular formula is C34H36O10-2. The van der Waals surface area contributed by atoms with Gasteiger partial charge in [0.15, 0.2) is 5.78 Å². The number of fused-ring (bicyclic) bond motifs is 3. The summed E-state index contributed by atoms with van der Waals surface area (Å²) in [6, 6.07) is 10.9. The summed E-state index contributed by atoms with van der Waals surface area (Å²) in [5.41, 5.74) is 1.06. The molecule has 2 aromatic rings. The Labute approximate surface area is 254 Å². The third-order valence-electron chi connectivity index (χ3n) is 10.3. The second-order valence-corrected chi connectivity index (χ2v) is 12.7. The predicted octanol–water partition coefficient (Wildman–Crippen LogP) is 1.89. The first-order valence-corrected chi connectivity index (χ1v) is 14.7. The Balaban J connectivity index is 0.000000181. The maximum atomic E-state index is 12.5. The molecule has 1 heterocycles. The molecule has 7 rings (SSSR count). The number of carbonyl (C=O) groups is 3. The molecule has 234 valence electrons. The Morgan fingerprint density at radius 2 is 1.91 bits per heavy atom. The fourth-order valence-corrected chi connectivity index (χ4v) is 9.10. The van der Waals surface area contributed by atoms with Gasteiger partial charge in [0.05, 0.1) is 18.0 Å². The van der Waals surface area contributed by atoms with Crippen LogP contribution >= 0.6 is 0 Å². The van der Waals surface area contributed by atoms with Crippen LogP contribution in [0, 0.1) is 29.1 Å². The van der Waals surface area contributed by atoms with Crippen LogP contribution in [0.4, 0.5) is 0 Å². The normalized spacial score (nSPS) is 34.1. The van der Waals surface area contributed by atoms with Crippen molar-refractivity contribution in [3.8, 4) is 23.0 Å². The molecule has 4 N–H and O–H groups in total. The van der Waals surface area contributed by atoms with Gasteiger partial charge in [-0.3, -0.25) is 9.59 Å². The number of Topliss-reactive ketones (excluding diaryl/α,β-unsaturated/α-hetero) is 1. The number of allylic oxidation sites excluding steroid dienone is 2. The first kappa shape index (κ1) is 31.3. The van der Waals surface area contributed by atoms with Crippen LogP contribution in [0.1, 0.15) is 51.5 Å². The summed E-state index contributed by atoms with van der Waals surface area (Å²) in [5, 5.41) is 42.5. The van der Waals surface area contributed by atoms with E-state index >= 15 is 0 Å². The highest BCUT2D eigenvalue weighted by Gasteiger charge is 2.76. The Hall–Kier alpha value is -4.15. The van der Waals surface area contributed by atoms with Crippen molar-refractivity contribution in [1.82, 2.24) is 0 Å². The van der Waals surface area contributed by atoms with Crippen molar-refractivity contribution in [1.29, 1.82) is 0 Å². The number of aliphatic hydroxyl groups excluding tert-OH is 1. The topological polar surface area (TPSA) is 188 Å². The molecule has 1 aliphatic heterocycles. The van der Waals surface area contributed by atoms with E-state index in [0.717, 1.165) is 49.1 Å². The van der Waals surface area contributed by atoms with Gasteiger partial charge in [-0.25, -0.2) is 0 Å². The number of aliphatic hydroxyl groups is 1. The van der Waals surface area contributed by atoms with Gasteiger partial charge in [0, 0.05) is 41.4 Å². The average molecular weight is 605 g/mol.